The Morgan fingerprint density at radius 3 is 2.20 bits per heavy atom. The van der Waals surface area contributed by atoms with Gasteiger partial charge in [0.25, 0.3) is 0 Å². The van der Waals surface area contributed by atoms with E-state index in [1.165, 1.54) is 0 Å². The number of fused-ring (bicyclic) bond motifs is 1. The fraction of sp³-hybridized carbons (Fsp3) is 0.697. The highest BCUT2D eigenvalue weighted by Gasteiger charge is 2.39. The first-order chi connectivity index (χ1) is 19.4. The number of carbonyl (C=O) groups is 2. The number of rotatable bonds is 12. The molecule has 0 aromatic heterocycles. The highest BCUT2D eigenvalue weighted by molar-refractivity contribution is 5.99. The van der Waals surface area contributed by atoms with E-state index < -0.39 is 0 Å². The van der Waals surface area contributed by atoms with Crippen LogP contribution in [0.4, 0.5) is 0 Å². The van der Waals surface area contributed by atoms with E-state index in [-0.39, 0.29) is 288 Å². The van der Waals surface area contributed by atoms with Gasteiger partial charge in [-0.3, -0.25) is 9.69 Å². The second-order valence-electron chi connectivity index (χ2n) is 12.1. The molecule has 1 aromatic carbocycles. The van der Waals surface area contributed by atoms with Gasteiger partial charge in [0.15, 0.2) is 0 Å². The van der Waals surface area contributed by atoms with Crippen LogP contribution in [-0.2, 0) is 25.4 Å². The van der Waals surface area contributed by atoms with Crippen LogP contribution in [0.2, 0.25) is 0 Å². The van der Waals surface area contributed by atoms with E-state index in [4.69, 9.17) is 23.7 Å². The van der Waals surface area contributed by atoms with E-state index >= 15 is 0 Å². The van der Waals surface area contributed by atoms with Crippen LogP contribution < -0.4 is 9.47 Å². The summed E-state index contributed by atoms with van der Waals surface area (Å²) >= 11 is 0. The third-order valence-electron chi connectivity index (χ3n) is 8.56. The van der Waals surface area contributed by atoms with Gasteiger partial charge in [-0.05, 0) is 46.5 Å². The van der Waals surface area contributed by atoms with Gasteiger partial charge >= 0.3 is 11.9 Å². The molecule has 3 rings (SSSR count). The number of cyclic esters (lactones) is 1. The van der Waals surface area contributed by atoms with Gasteiger partial charge in [0.05, 0.1) is 33.4 Å². The minimum absolute atomic E-state index is 0. The van der Waals surface area contributed by atoms with Crippen molar-refractivity contribution in [1.82, 2.24) is 4.90 Å². The summed E-state index contributed by atoms with van der Waals surface area (Å²) in [4.78, 5) is 28.4. The summed E-state index contributed by atoms with van der Waals surface area (Å²) in [6, 6.07) is 0.684. The number of nitrogens with zero attached hydrogens (tertiary/aromatic N) is 1. The van der Waals surface area contributed by atoms with Gasteiger partial charge in [0.2, 0.25) is 0 Å². The zero-order chi connectivity index (χ0) is 30.6. The lowest BCUT2D eigenvalue weighted by atomic mass is 9.84. The van der Waals surface area contributed by atoms with Crippen molar-refractivity contribution in [3.8, 4) is 11.5 Å². The Kier molecular flexibility index (Phi) is 11.3. The van der Waals surface area contributed by atoms with Crippen LogP contribution in [0.1, 0.15) is 342 Å². The standard InChI is InChI=1S/C33H51NO7.164H2/c1-12-26-28-24(9)41-33(36)29(28)31(38-11)27(30(26)37-10)19(4)13-25(18(2)3)14-20(5)32(35)40-17-23(8)34-21(6)15-39-16-22(34)7;;;;;;;;;;;;;;;;;;;;;;;;;;;;;;;;;;;;;;;;;;;;;;;;;;;;;;;;;;;;;;;;;;;;;;;;;;;;;;;;;;;;;;;;;;;;;;;;;;;;;;;;;;;;;;;;;;;;;;;;;;;;;;;;;;;;;;;;;;;;;;;;;;;;;;;;;;;;;;;;;;;;/h13,18-24H,12,14-17H2,1-11H3;164*1H/b25-13-;;;;;;;;;;;;;;;;;;;;;;;;;;;;;;;;;;;;;;;;;;;;;;;;;;;;;;;;;;;;;;;;;;;;;;;;;;;;;;;;;;;;;;;;;;;;;;;;;;;;;;;;;;;;;;;;;;;;;;;;;;;;;;;;;;;;;;;;;;;;;;;;;;;;;;;;;;;;;;;;;;;;. The lowest BCUT2D eigenvalue weighted by molar-refractivity contribution is -0.151. The SMILES string of the molecule is CCc1c(OC)c(C(C)/C=C(/CC(C)C(=O)OCC(C)N2C(C)COCC2C)C(C)C)c(OC)c2c1C(C)OC2=O.[HH].[HH].[HH].[HH].[HH].[HH].[HH].[HH].[HH].[HH].[HH].[HH].[HH].[HH].[HH].[HH].[HH].[HH].[HH].[HH].[HH].[HH].[HH].[HH].[HH].[HH].[HH].[HH].[HH].[HH].[HH].[HH].[HH].[HH].[HH].[HH].[HH].[HH].[HH].[HH].[HH].[HH].[HH].[HH].[HH].[HH].[HH].[HH].[HH].[HH].[HH].[HH].[HH].[HH].[HH].[HH].[HH].[HH].[HH].[HH].[HH].[HH].[HH].[HH].[HH].[HH].[HH].[HH].[HH].[HH].[HH].[HH].[HH].[HH].[HH].[HH].[HH].[HH].[HH].[HH].[HH].[HH].[HH].[HH].[HH].[HH].[HH].[HH].[HH].[HH].[HH].[HH].[HH].[HH].[HH].[HH].[HH].[HH].[HH].[HH].[HH].[HH].[HH].[HH].[HH].[HH].[HH].[HH].[HH].[HH].[HH].[HH].[HH].[HH].[HH].[HH].[HH].[HH].[HH].[HH].[HH].[HH].[HH].[HH].[HH].[HH].[HH].[HH].[HH].[HH].[HH].[HH].[HH].[HH].[HH].[HH].[HH].[HH].[HH].[HH].[HH].[HH].[HH].[HH].[HH].[HH].[HH].[HH].[HH].[HH].[HH].[HH].[HH].[HH].[HH].[HH].[HH].[HH].[HH].[HH].[HH].[HH].[HH].[HH]. The maximum absolute atomic E-state index is 13.1. The van der Waals surface area contributed by atoms with Crippen LogP contribution in [0.25, 0.3) is 0 Å². The van der Waals surface area contributed by atoms with Gasteiger partial charge in [-0.25, -0.2) is 4.79 Å². The number of ether oxygens (including phenoxy) is 5. The first-order valence-corrected chi connectivity index (χ1v) is 15.1. The average Bonchev–Trinajstić information content (AvgIpc) is 3.22. The lowest BCUT2D eigenvalue weighted by Crippen LogP contribution is -2.54. The van der Waals surface area contributed by atoms with E-state index in [2.05, 4.69) is 59.4 Å². The molecule has 2 heterocycles. The summed E-state index contributed by atoms with van der Waals surface area (Å²) in [7, 11) is 3.24. The predicted molar refractivity (Wildman–Crippen MR) is 507 cm³/mol. The summed E-state index contributed by atoms with van der Waals surface area (Å²) < 4.78 is 28.9. The number of morpholine rings is 1. The number of hydrogen-bond donors (Lipinski definition) is 0. The maximum Gasteiger partial charge on any atom is 0.342 e. The molecule has 0 aliphatic carbocycles. The summed E-state index contributed by atoms with van der Waals surface area (Å²) in [5.74, 6) is 0.453. The maximum atomic E-state index is 13.1. The zero-order valence-corrected chi connectivity index (χ0v) is 27.0. The molecule has 0 spiro atoms. The highest BCUT2D eigenvalue weighted by Crippen LogP contribution is 2.49. The molecule has 558 valence electrons. The molecule has 8 heteroatoms. The van der Waals surface area contributed by atoms with Crippen molar-refractivity contribution >= 4 is 11.9 Å². The van der Waals surface area contributed by atoms with Crippen LogP contribution in [0.3, 0.4) is 0 Å². The van der Waals surface area contributed by atoms with Crippen LogP contribution >= 0.6 is 0 Å². The van der Waals surface area contributed by atoms with E-state index in [1.807, 2.05) is 13.8 Å². The normalized spacial score (nSPS) is 23.6. The number of hydrogen-bond acceptors (Lipinski definition) is 8. The van der Waals surface area contributed by atoms with Crippen molar-refractivity contribution < 1.29 is 267 Å². The number of methoxy groups -OCH3 is 2. The largest absolute Gasteiger partial charge is 0.496 e. The molecular weight excluding hydrogens is 522 g/mol. The Morgan fingerprint density at radius 2 is 1.66 bits per heavy atom. The second kappa shape index (κ2) is 14.1. The summed E-state index contributed by atoms with van der Waals surface area (Å²) in [5, 5.41) is 0. The lowest BCUT2D eigenvalue weighted by Gasteiger charge is -2.42. The van der Waals surface area contributed by atoms with Crippen LogP contribution in [0, 0.1) is 11.8 Å². The molecule has 1 aromatic rings. The third-order valence-corrected chi connectivity index (χ3v) is 8.56. The molecular formula is C33H379NO7. The zero-order valence-electron chi connectivity index (χ0n) is 27.0. The molecule has 6 atom stereocenters. The molecule has 1 saturated heterocycles. The average molecular weight is 904 g/mol. The van der Waals surface area contributed by atoms with Crippen LogP contribution in [0.15, 0.2) is 11.6 Å². The monoisotopic (exact) mass is 904 g/mol. The van der Waals surface area contributed by atoms with Gasteiger partial charge in [0.1, 0.15) is 29.8 Å². The van der Waals surface area contributed by atoms with E-state index in [0.717, 1.165) is 28.0 Å². The third kappa shape index (κ3) is 6.91. The smallest absolute Gasteiger partial charge is 0.342 e. The Hall–Kier alpha value is -2.58. The predicted octanol–water partition coefficient (Wildman–Crippen LogP) is 46.6. The number of benzene rings is 1. The van der Waals surface area contributed by atoms with Crippen molar-refractivity contribution in [2.24, 2.45) is 11.8 Å². The van der Waals surface area contributed by atoms with E-state index in [9.17, 15) is 9.59 Å². The van der Waals surface area contributed by atoms with E-state index in [1.54, 1.807) is 14.2 Å². The Labute approximate surface area is 490 Å². The molecule has 0 saturated carbocycles. The summed E-state index contributed by atoms with van der Waals surface area (Å²) in [6.07, 6.45) is 3.10. The molecule has 0 radical (unpaired) electrons. The molecule has 2 aliphatic rings. The van der Waals surface area contributed by atoms with Gasteiger partial charge < -0.3 is 23.7 Å². The van der Waals surface area contributed by atoms with Gasteiger partial charge in [0, 0.05) is 275 Å². The summed E-state index contributed by atoms with van der Waals surface area (Å²) in [5.41, 5.74) is 4.28. The quantitative estimate of drug-likeness (QED) is 0.152. The minimum atomic E-state index is -0.366. The summed E-state index contributed by atoms with van der Waals surface area (Å²) in [6.45, 7) is 20.3. The topological polar surface area (TPSA) is 83.5 Å². The molecule has 2 aliphatic heterocycles. The van der Waals surface area contributed by atoms with E-state index in [0.29, 0.717) is 44.0 Å². The fourth-order valence-electron chi connectivity index (χ4n) is 6.59. The molecule has 0 amide bonds. The van der Waals surface area contributed by atoms with Crippen molar-refractivity contribution in [1.29, 1.82) is 0 Å². The molecule has 6 unspecified atom stereocenters. The minimum Gasteiger partial charge on any atom is -0.496 e. The van der Waals surface area contributed by atoms with Crippen molar-refractivity contribution in [3.05, 3.63) is 33.9 Å². The second-order valence-corrected chi connectivity index (χ2v) is 12.1. The van der Waals surface area contributed by atoms with Crippen molar-refractivity contribution in [2.75, 3.05) is 34.0 Å². The van der Waals surface area contributed by atoms with Crippen molar-refractivity contribution in [2.45, 2.75) is 105 Å². The molecule has 0 N–H and O–H groups in total. The fourth-order valence-corrected chi connectivity index (χ4v) is 6.59. The van der Waals surface area contributed by atoms with Gasteiger partial charge in [-0.15, -0.1) is 0 Å². The highest BCUT2D eigenvalue weighted by atomic mass is 16.6. The Bertz CT molecular complexity index is 1270. The number of carbonyl (C=O) groups excluding carboxylic acids is 2. The molecule has 1 fully saturated rings. The first kappa shape index (κ1) is 32.9. The van der Waals surface area contributed by atoms with Crippen LogP contribution in [-0.4, -0.2) is 69.0 Å². The molecule has 8 nitrogen and oxygen atoms in total. The van der Waals surface area contributed by atoms with Crippen molar-refractivity contribution in [3.63, 3.8) is 0 Å². The molecule has 0 bridgehead atoms. The Morgan fingerprint density at radius 1 is 1.05 bits per heavy atom. The first-order valence-electron chi connectivity index (χ1n) is 15.1. The van der Waals surface area contributed by atoms with Crippen LogP contribution in [0.5, 0.6) is 11.5 Å². The number of allylic oxidation sites excluding steroid dienone is 2. The van der Waals surface area contributed by atoms with Gasteiger partial charge in [-0.2, -0.15) is 0 Å². The number of esters is 2. The molecule has 41 heavy (non-hydrogen) atoms. The Balaban J connectivity index is -0.000000000705. The van der Waals surface area contributed by atoms with Gasteiger partial charge in [-0.1, -0.05) is 46.3 Å².